The summed E-state index contributed by atoms with van der Waals surface area (Å²) in [4.78, 5) is 4.33. The van der Waals surface area contributed by atoms with E-state index in [2.05, 4.69) is 64.0 Å². The molecule has 0 spiro atoms. The SMILES string of the molecule is CC(C)(C)Nc1cc(C(C)(C)C)ccn1. The molecule has 0 atom stereocenters. The molecule has 15 heavy (non-hydrogen) atoms. The molecule has 0 fully saturated rings. The molecular formula is C13H22N2. The molecule has 1 aromatic rings. The molecule has 0 saturated heterocycles. The molecule has 0 bridgehead atoms. The van der Waals surface area contributed by atoms with Crippen molar-refractivity contribution >= 4 is 5.82 Å². The van der Waals surface area contributed by atoms with Gasteiger partial charge in [-0.3, -0.25) is 0 Å². The van der Waals surface area contributed by atoms with Crippen molar-refractivity contribution in [2.24, 2.45) is 0 Å². The van der Waals surface area contributed by atoms with E-state index in [4.69, 9.17) is 0 Å². The van der Waals surface area contributed by atoms with Crippen molar-refractivity contribution in [1.82, 2.24) is 4.98 Å². The van der Waals surface area contributed by atoms with Gasteiger partial charge in [-0.1, -0.05) is 20.8 Å². The molecule has 0 saturated carbocycles. The van der Waals surface area contributed by atoms with Crippen LogP contribution < -0.4 is 5.32 Å². The summed E-state index contributed by atoms with van der Waals surface area (Å²) >= 11 is 0. The standard InChI is InChI=1S/C13H22N2/c1-12(2,3)10-7-8-14-11(9-10)15-13(4,5)6/h7-9H,1-6H3,(H,14,15). The lowest BCUT2D eigenvalue weighted by molar-refractivity contribution is 0.587. The number of pyridine rings is 1. The van der Waals surface area contributed by atoms with Crippen LogP contribution in [0, 0.1) is 0 Å². The zero-order valence-corrected chi connectivity index (χ0v) is 10.7. The fraction of sp³-hybridized carbons (Fsp3) is 0.615. The van der Waals surface area contributed by atoms with Crippen LogP contribution in [0.4, 0.5) is 5.82 Å². The Balaban J connectivity index is 2.94. The van der Waals surface area contributed by atoms with Crippen LogP contribution in [0.5, 0.6) is 0 Å². The molecule has 0 aliphatic heterocycles. The molecule has 2 heteroatoms. The average Bonchev–Trinajstić information content (AvgIpc) is 1.99. The van der Waals surface area contributed by atoms with E-state index in [0.717, 1.165) is 5.82 Å². The second-order valence-electron chi connectivity index (χ2n) is 6.05. The summed E-state index contributed by atoms with van der Waals surface area (Å²) in [6.07, 6.45) is 1.87. The molecule has 0 radical (unpaired) electrons. The van der Waals surface area contributed by atoms with E-state index in [1.165, 1.54) is 5.56 Å². The largest absolute Gasteiger partial charge is 0.365 e. The van der Waals surface area contributed by atoms with Gasteiger partial charge in [-0.15, -0.1) is 0 Å². The number of rotatable bonds is 1. The quantitative estimate of drug-likeness (QED) is 0.759. The summed E-state index contributed by atoms with van der Waals surface area (Å²) in [6, 6.07) is 4.21. The van der Waals surface area contributed by atoms with Gasteiger partial charge in [-0.2, -0.15) is 0 Å². The first-order valence-corrected chi connectivity index (χ1v) is 5.43. The molecule has 84 valence electrons. The lowest BCUT2D eigenvalue weighted by Gasteiger charge is -2.24. The van der Waals surface area contributed by atoms with Crippen molar-refractivity contribution in [1.29, 1.82) is 0 Å². The van der Waals surface area contributed by atoms with E-state index in [1.54, 1.807) is 0 Å². The van der Waals surface area contributed by atoms with E-state index in [9.17, 15) is 0 Å². The molecule has 1 heterocycles. The van der Waals surface area contributed by atoms with Crippen molar-refractivity contribution in [2.75, 3.05) is 5.32 Å². The molecule has 0 unspecified atom stereocenters. The van der Waals surface area contributed by atoms with Gasteiger partial charge < -0.3 is 5.32 Å². The van der Waals surface area contributed by atoms with Crippen LogP contribution in [-0.4, -0.2) is 10.5 Å². The molecule has 1 aromatic heterocycles. The van der Waals surface area contributed by atoms with Crippen molar-refractivity contribution in [3.8, 4) is 0 Å². The van der Waals surface area contributed by atoms with Gasteiger partial charge in [0, 0.05) is 11.7 Å². The van der Waals surface area contributed by atoms with Gasteiger partial charge >= 0.3 is 0 Å². The van der Waals surface area contributed by atoms with Crippen LogP contribution >= 0.6 is 0 Å². The van der Waals surface area contributed by atoms with Gasteiger partial charge in [0.15, 0.2) is 0 Å². The Bertz CT molecular complexity index is 329. The number of anilines is 1. The molecule has 0 amide bonds. The molecular weight excluding hydrogens is 184 g/mol. The number of nitrogens with one attached hydrogen (secondary N) is 1. The van der Waals surface area contributed by atoms with E-state index in [0.29, 0.717) is 0 Å². The zero-order valence-electron chi connectivity index (χ0n) is 10.7. The first kappa shape index (κ1) is 12.0. The monoisotopic (exact) mass is 206 g/mol. The third-order valence-electron chi connectivity index (χ3n) is 2.13. The van der Waals surface area contributed by atoms with E-state index >= 15 is 0 Å². The second kappa shape index (κ2) is 3.84. The van der Waals surface area contributed by atoms with Gasteiger partial charge in [-0.05, 0) is 43.9 Å². The summed E-state index contributed by atoms with van der Waals surface area (Å²) in [5.41, 5.74) is 1.55. The molecule has 0 aliphatic carbocycles. The zero-order chi connectivity index (χ0) is 11.7. The predicted octanol–water partition coefficient (Wildman–Crippen LogP) is 3.59. The minimum atomic E-state index is 0.0590. The highest BCUT2D eigenvalue weighted by molar-refractivity contribution is 5.41. The van der Waals surface area contributed by atoms with Crippen molar-refractivity contribution in [3.05, 3.63) is 23.9 Å². The van der Waals surface area contributed by atoms with Crippen LogP contribution in [0.2, 0.25) is 0 Å². The highest BCUT2D eigenvalue weighted by atomic mass is 15.0. The maximum Gasteiger partial charge on any atom is 0.126 e. The summed E-state index contributed by atoms with van der Waals surface area (Å²) in [5, 5.41) is 3.38. The van der Waals surface area contributed by atoms with Crippen LogP contribution in [0.25, 0.3) is 0 Å². The summed E-state index contributed by atoms with van der Waals surface area (Å²) in [6.45, 7) is 13.0. The fourth-order valence-corrected chi connectivity index (χ4v) is 1.35. The Kier molecular flexibility index (Phi) is 3.08. The van der Waals surface area contributed by atoms with Crippen LogP contribution in [0.3, 0.4) is 0 Å². The first-order chi connectivity index (χ1) is 6.68. The number of nitrogens with zero attached hydrogens (tertiary/aromatic N) is 1. The average molecular weight is 206 g/mol. The van der Waals surface area contributed by atoms with Crippen LogP contribution in [0.15, 0.2) is 18.3 Å². The van der Waals surface area contributed by atoms with Gasteiger partial charge in [0.25, 0.3) is 0 Å². The van der Waals surface area contributed by atoms with Gasteiger partial charge in [-0.25, -0.2) is 4.98 Å². The molecule has 0 aliphatic rings. The van der Waals surface area contributed by atoms with Gasteiger partial charge in [0.1, 0.15) is 5.82 Å². The van der Waals surface area contributed by atoms with E-state index < -0.39 is 0 Å². The Morgan fingerprint density at radius 3 is 2.13 bits per heavy atom. The highest BCUT2D eigenvalue weighted by Crippen LogP contribution is 2.24. The highest BCUT2D eigenvalue weighted by Gasteiger charge is 2.16. The predicted molar refractivity (Wildman–Crippen MR) is 66.3 cm³/mol. The number of aromatic nitrogens is 1. The minimum absolute atomic E-state index is 0.0590. The normalized spacial score (nSPS) is 12.7. The summed E-state index contributed by atoms with van der Waals surface area (Å²) in [5.74, 6) is 0.954. The Morgan fingerprint density at radius 2 is 1.67 bits per heavy atom. The lowest BCUT2D eigenvalue weighted by Crippen LogP contribution is -2.27. The lowest BCUT2D eigenvalue weighted by atomic mass is 9.88. The molecule has 0 aromatic carbocycles. The molecule has 1 rings (SSSR count). The maximum atomic E-state index is 4.33. The second-order valence-corrected chi connectivity index (χ2v) is 6.05. The van der Waals surface area contributed by atoms with Crippen LogP contribution in [-0.2, 0) is 5.41 Å². The van der Waals surface area contributed by atoms with E-state index in [1.807, 2.05) is 6.20 Å². The van der Waals surface area contributed by atoms with Crippen molar-refractivity contribution in [3.63, 3.8) is 0 Å². The smallest absolute Gasteiger partial charge is 0.126 e. The Hall–Kier alpha value is -1.05. The molecule has 1 N–H and O–H groups in total. The van der Waals surface area contributed by atoms with Crippen molar-refractivity contribution < 1.29 is 0 Å². The summed E-state index contributed by atoms with van der Waals surface area (Å²) in [7, 11) is 0. The molecule has 2 nitrogen and oxygen atoms in total. The topological polar surface area (TPSA) is 24.9 Å². The first-order valence-electron chi connectivity index (χ1n) is 5.43. The Labute approximate surface area is 93.1 Å². The van der Waals surface area contributed by atoms with E-state index in [-0.39, 0.29) is 11.0 Å². The van der Waals surface area contributed by atoms with Crippen LogP contribution in [0.1, 0.15) is 47.1 Å². The van der Waals surface area contributed by atoms with Gasteiger partial charge in [0.2, 0.25) is 0 Å². The maximum absolute atomic E-state index is 4.33. The third kappa shape index (κ3) is 3.90. The van der Waals surface area contributed by atoms with Gasteiger partial charge in [0.05, 0.1) is 0 Å². The fourth-order valence-electron chi connectivity index (χ4n) is 1.35. The third-order valence-corrected chi connectivity index (χ3v) is 2.13. The number of hydrogen-bond acceptors (Lipinski definition) is 2. The summed E-state index contributed by atoms with van der Waals surface area (Å²) < 4.78 is 0. The minimum Gasteiger partial charge on any atom is -0.365 e. The Morgan fingerprint density at radius 1 is 1.07 bits per heavy atom. The van der Waals surface area contributed by atoms with Crippen molar-refractivity contribution in [2.45, 2.75) is 52.5 Å². The number of hydrogen-bond donors (Lipinski definition) is 1.